The van der Waals surface area contributed by atoms with Crippen LogP contribution in [0.2, 0.25) is 0 Å². The topological polar surface area (TPSA) is 132 Å². The van der Waals surface area contributed by atoms with Crippen LogP contribution in [0.3, 0.4) is 0 Å². The number of H-pyrrole nitrogens is 2. The Morgan fingerprint density at radius 1 is 1.32 bits per heavy atom. The molecule has 22 heavy (non-hydrogen) atoms. The Kier molecular flexibility index (Phi) is 3.51. The Labute approximate surface area is 123 Å². The predicted molar refractivity (Wildman–Crippen MR) is 77.7 cm³/mol. The molecule has 9 nitrogen and oxygen atoms in total. The Morgan fingerprint density at radius 2 is 2.05 bits per heavy atom. The lowest BCUT2D eigenvalue weighted by molar-refractivity contribution is -0.384. The van der Waals surface area contributed by atoms with Crippen LogP contribution in [-0.2, 0) is 6.54 Å². The fourth-order valence-corrected chi connectivity index (χ4v) is 2.71. The minimum absolute atomic E-state index is 0.162. The molecule has 0 spiro atoms. The molecule has 1 unspecified atom stereocenters. The van der Waals surface area contributed by atoms with Gasteiger partial charge in [0.2, 0.25) is 0 Å². The van der Waals surface area contributed by atoms with Crippen LogP contribution in [0.25, 0.3) is 11.0 Å². The van der Waals surface area contributed by atoms with Crippen LogP contribution in [0.1, 0.15) is 12.0 Å². The number of non-ortho nitro benzene ring substituents is 1. The van der Waals surface area contributed by atoms with Crippen molar-refractivity contribution >= 4 is 16.7 Å². The number of aliphatic hydroxyl groups excluding tert-OH is 1. The fraction of sp³-hybridized carbons (Fsp3) is 0.385. The molecule has 1 aromatic carbocycles. The van der Waals surface area contributed by atoms with Crippen molar-refractivity contribution in [2.24, 2.45) is 0 Å². The first-order valence-electron chi connectivity index (χ1n) is 6.78. The number of β-amino-alcohol motifs (C(OH)–C–C–N with tert-alkyl or cyclic N) is 1. The van der Waals surface area contributed by atoms with Crippen LogP contribution in [-0.4, -0.2) is 44.1 Å². The van der Waals surface area contributed by atoms with Crippen LogP contribution in [0.5, 0.6) is 0 Å². The lowest BCUT2D eigenvalue weighted by atomic mass is 10.1. The molecule has 3 N–H and O–H groups in total. The number of hydrogen-bond acceptors (Lipinski definition) is 6. The SMILES string of the molecule is O=c1[nH]c2cc([N+](=O)[O-])cc(CN3CCC(O)C3)c2[nH]c1=O. The highest BCUT2D eigenvalue weighted by Gasteiger charge is 2.22. The maximum Gasteiger partial charge on any atom is 0.314 e. The molecule has 0 amide bonds. The number of nitrogens with one attached hydrogen (secondary N) is 2. The van der Waals surface area contributed by atoms with Gasteiger partial charge in [-0.2, -0.15) is 0 Å². The van der Waals surface area contributed by atoms with E-state index in [4.69, 9.17) is 0 Å². The molecule has 1 atom stereocenters. The average molecular weight is 306 g/mol. The highest BCUT2D eigenvalue weighted by Crippen LogP contribution is 2.24. The molecule has 1 aromatic heterocycles. The second kappa shape index (κ2) is 5.35. The quantitative estimate of drug-likeness (QED) is 0.405. The average Bonchev–Trinajstić information content (AvgIpc) is 2.86. The highest BCUT2D eigenvalue weighted by molar-refractivity contribution is 5.80. The maximum absolute atomic E-state index is 11.5. The normalized spacial score (nSPS) is 18.9. The summed E-state index contributed by atoms with van der Waals surface area (Å²) in [6.45, 7) is 1.48. The van der Waals surface area contributed by atoms with Crippen molar-refractivity contribution < 1.29 is 10.0 Å². The molecular formula is C13H14N4O5. The van der Waals surface area contributed by atoms with E-state index in [0.29, 0.717) is 37.1 Å². The van der Waals surface area contributed by atoms with E-state index in [0.717, 1.165) is 0 Å². The van der Waals surface area contributed by atoms with Crippen LogP contribution < -0.4 is 11.1 Å². The fourth-order valence-electron chi connectivity index (χ4n) is 2.71. The van der Waals surface area contributed by atoms with E-state index in [1.165, 1.54) is 12.1 Å². The minimum atomic E-state index is -0.851. The highest BCUT2D eigenvalue weighted by atomic mass is 16.6. The molecule has 1 aliphatic rings. The van der Waals surface area contributed by atoms with E-state index >= 15 is 0 Å². The van der Waals surface area contributed by atoms with Crippen molar-refractivity contribution in [2.75, 3.05) is 13.1 Å². The summed E-state index contributed by atoms with van der Waals surface area (Å²) >= 11 is 0. The first kappa shape index (κ1) is 14.4. The number of nitro benzene ring substituents is 1. The number of aromatic nitrogens is 2. The van der Waals surface area contributed by atoms with Crippen LogP contribution >= 0.6 is 0 Å². The predicted octanol–water partition coefficient (Wildman–Crippen LogP) is -0.309. The summed E-state index contributed by atoms with van der Waals surface area (Å²) < 4.78 is 0. The first-order valence-corrected chi connectivity index (χ1v) is 6.78. The Bertz CT molecular complexity index is 856. The number of aromatic amines is 2. The summed E-state index contributed by atoms with van der Waals surface area (Å²) in [6, 6.07) is 2.59. The van der Waals surface area contributed by atoms with E-state index in [9.17, 15) is 24.8 Å². The largest absolute Gasteiger partial charge is 0.392 e. The molecule has 0 bridgehead atoms. The van der Waals surface area contributed by atoms with Crippen LogP contribution in [0, 0.1) is 10.1 Å². The maximum atomic E-state index is 11.5. The second-order valence-electron chi connectivity index (χ2n) is 5.37. The standard InChI is InChI=1S/C13H14N4O5/c18-9-1-2-16(6-9)5-7-3-8(17(21)22)4-10-11(7)15-13(20)12(19)14-10/h3-4,9,18H,1-2,5-6H2,(H,14,19)(H,15,20). The number of likely N-dealkylation sites (tertiary alicyclic amines) is 1. The van der Waals surface area contributed by atoms with Crippen molar-refractivity contribution in [3.8, 4) is 0 Å². The number of nitrogens with zero attached hydrogens (tertiary/aromatic N) is 2. The van der Waals surface area contributed by atoms with Crippen molar-refractivity contribution in [1.29, 1.82) is 0 Å². The van der Waals surface area contributed by atoms with Gasteiger partial charge in [0.05, 0.1) is 22.1 Å². The minimum Gasteiger partial charge on any atom is -0.392 e. The molecule has 2 aromatic rings. The number of benzene rings is 1. The third-order valence-electron chi connectivity index (χ3n) is 3.75. The van der Waals surface area contributed by atoms with Gasteiger partial charge in [0.25, 0.3) is 5.69 Å². The third kappa shape index (κ3) is 2.63. The molecule has 1 aliphatic heterocycles. The molecule has 3 rings (SSSR count). The zero-order valence-corrected chi connectivity index (χ0v) is 11.5. The van der Waals surface area contributed by atoms with E-state index in [-0.39, 0.29) is 11.2 Å². The number of fused-ring (bicyclic) bond motifs is 1. The summed E-state index contributed by atoms with van der Waals surface area (Å²) in [6.07, 6.45) is 0.226. The summed E-state index contributed by atoms with van der Waals surface area (Å²) in [5.41, 5.74) is -0.693. The van der Waals surface area contributed by atoms with Gasteiger partial charge in [-0.05, 0) is 12.0 Å². The molecular weight excluding hydrogens is 292 g/mol. The smallest absolute Gasteiger partial charge is 0.314 e. The van der Waals surface area contributed by atoms with Crippen molar-refractivity contribution in [3.05, 3.63) is 48.5 Å². The molecule has 116 valence electrons. The van der Waals surface area contributed by atoms with E-state index in [2.05, 4.69) is 9.97 Å². The summed E-state index contributed by atoms with van der Waals surface area (Å²) in [4.78, 5) is 40.1. The molecule has 9 heteroatoms. The zero-order chi connectivity index (χ0) is 15.9. The Morgan fingerprint density at radius 3 is 2.68 bits per heavy atom. The number of aliphatic hydroxyl groups is 1. The van der Waals surface area contributed by atoms with Crippen molar-refractivity contribution in [3.63, 3.8) is 0 Å². The lowest BCUT2D eigenvalue weighted by Crippen LogP contribution is -2.30. The third-order valence-corrected chi connectivity index (χ3v) is 3.75. The van der Waals surface area contributed by atoms with E-state index < -0.39 is 22.1 Å². The Balaban J connectivity index is 2.13. The summed E-state index contributed by atoms with van der Waals surface area (Å²) in [7, 11) is 0. The van der Waals surface area contributed by atoms with Crippen LogP contribution in [0.4, 0.5) is 5.69 Å². The van der Waals surface area contributed by atoms with Gasteiger partial charge < -0.3 is 15.1 Å². The van der Waals surface area contributed by atoms with Gasteiger partial charge in [0, 0.05) is 31.8 Å². The molecule has 0 saturated carbocycles. The molecule has 0 aliphatic carbocycles. The summed E-state index contributed by atoms with van der Waals surface area (Å²) in [5, 5.41) is 20.6. The lowest BCUT2D eigenvalue weighted by Gasteiger charge is -2.16. The van der Waals surface area contributed by atoms with Crippen molar-refractivity contribution in [2.45, 2.75) is 19.1 Å². The molecule has 1 fully saturated rings. The number of nitro groups is 1. The van der Waals surface area contributed by atoms with Gasteiger partial charge in [-0.15, -0.1) is 0 Å². The van der Waals surface area contributed by atoms with E-state index in [1.54, 1.807) is 0 Å². The summed E-state index contributed by atoms with van der Waals surface area (Å²) in [5.74, 6) is 0. The monoisotopic (exact) mass is 306 g/mol. The van der Waals surface area contributed by atoms with Crippen molar-refractivity contribution in [1.82, 2.24) is 14.9 Å². The van der Waals surface area contributed by atoms with Gasteiger partial charge >= 0.3 is 11.1 Å². The number of rotatable bonds is 3. The zero-order valence-electron chi connectivity index (χ0n) is 11.5. The van der Waals surface area contributed by atoms with Gasteiger partial charge in [-0.3, -0.25) is 24.6 Å². The first-order chi connectivity index (χ1) is 10.4. The van der Waals surface area contributed by atoms with Crippen LogP contribution in [0.15, 0.2) is 21.7 Å². The number of hydrogen-bond donors (Lipinski definition) is 3. The second-order valence-corrected chi connectivity index (χ2v) is 5.37. The van der Waals surface area contributed by atoms with Gasteiger partial charge in [0.15, 0.2) is 0 Å². The van der Waals surface area contributed by atoms with E-state index in [1.807, 2.05) is 4.90 Å². The van der Waals surface area contributed by atoms with Gasteiger partial charge in [-0.1, -0.05) is 0 Å². The molecule has 1 saturated heterocycles. The molecule has 2 heterocycles. The van der Waals surface area contributed by atoms with Gasteiger partial charge in [0.1, 0.15) is 0 Å². The Hall–Kier alpha value is -2.52. The van der Waals surface area contributed by atoms with Gasteiger partial charge in [-0.25, -0.2) is 0 Å². The molecule has 0 radical (unpaired) electrons.